The first-order valence-corrected chi connectivity index (χ1v) is 7.69. The van der Waals surface area contributed by atoms with E-state index in [1.807, 2.05) is 0 Å². The van der Waals surface area contributed by atoms with Crippen LogP contribution in [0, 0.1) is 5.92 Å². The molecular formula is C14H25NO9. The highest BCUT2D eigenvalue weighted by Crippen LogP contribution is 2.28. The molecule has 0 aromatic rings. The first kappa shape index (κ1) is 19.7. The predicted molar refractivity (Wildman–Crippen MR) is 78.5 cm³/mol. The molecule has 0 unspecified atom stereocenters. The van der Waals surface area contributed by atoms with Gasteiger partial charge in [0.15, 0.2) is 0 Å². The number of nitrogens with one attached hydrogen (secondary N) is 1. The zero-order chi connectivity index (χ0) is 18.2. The van der Waals surface area contributed by atoms with Crippen molar-refractivity contribution in [2.24, 2.45) is 5.92 Å². The normalized spacial score (nSPS) is 49.8. The van der Waals surface area contributed by atoms with E-state index in [0.29, 0.717) is 0 Å². The Morgan fingerprint density at radius 1 is 0.750 bits per heavy atom. The topological polar surface area (TPSA) is 194 Å². The van der Waals surface area contributed by atoms with Crippen LogP contribution in [0.3, 0.4) is 0 Å². The Morgan fingerprint density at radius 3 is 1.92 bits per heavy atom. The molecule has 10 nitrogen and oxygen atoms in total. The predicted octanol–water partition coefficient (Wildman–Crippen LogP) is -5.61. The van der Waals surface area contributed by atoms with Crippen LogP contribution in [-0.2, 0) is 0 Å². The molecule has 2 rings (SSSR count). The fourth-order valence-corrected chi connectivity index (χ4v) is 3.31. The number of aliphatic hydroxyl groups is 9. The summed E-state index contributed by atoms with van der Waals surface area (Å²) in [5.41, 5.74) is 0.0457. The molecule has 2 aliphatic rings. The first-order valence-electron chi connectivity index (χ1n) is 7.69. The van der Waals surface area contributed by atoms with Crippen LogP contribution in [0.25, 0.3) is 0 Å². The van der Waals surface area contributed by atoms with Crippen molar-refractivity contribution in [2.45, 2.75) is 54.8 Å². The highest BCUT2D eigenvalue weighted by Gasteiger charge is 2.50. The van der Waals surface area contributed by atoms with E-state index >= 15 is 0 Å². The smallest absolute Gasteiger partial charge is 0.111 e. The maximum absolute atomic E-state index is 10.2. The molecule has 10 atom stereocenters. The SMILES string of the molecule is OCC1=C[C@@H](N[C@@H]2[C@@H](O)[C@H](O)[C@H](O)[C@H](CO)[C@@H]2O)[C@@H](O)[C@@H](O)[C@@H]1O. The molecule has 0 aromatic carbocycles. The second-order valence-corrected chi connectivity index (χ2v) is 6.35. The minimum atomic E-state index is -1.64. The molecule has 0 heterocycles. The lowest BCUT2D eigenvalue weighted by Crippen LogP contribution is -2.69. The highest BCUT2D eigenvalue weighted by molar-refractivity contribution is 5.22. The van der Waals surface area contributed by atoms with E-state index in [0.717, 1.165) is 0 Å². The monoisotopic (exact) mass is 351 g/mol. The summed E-state index contributed by atoms with van der Waals surface area (Å²) >= 11 is 0. The third kappa shape index (κ3) is 3.35. The summed E-state index contributed by atoms with van der Waals surface area (Å²) in [5.74, 6) is -1.13. The Labute approximate surface area is 137 Å². The molecule has 10 heteroatoms. The molecule has 10 N–H and O–H groups in total. The lowest BCUT2D eigenvalue weighted by Gasteiger charge is -2.46. The van der Waals surface area contributed by atoms with Crippen LogP contribution >= 0.6 is 0 Å². The van der Waals surface area contributed by atoms with Gasteiger partial charge in [-0.2, -0.15) is 0 Å². The van der Waals surface area contributed by atoms with Crippen molar-refractivity contribution in [1.82, 2.24) is 5.32 Å². The molecule has 0 aliphatic heterocycles. The molecule has 0 saturated heterocycles. The molecule has 0 bridgehead atoms. The van der Waals surface area contributed by atoms with Gasteiger partial charge in [-0.15, -0.1) is 0 Å². The van der Waals surface area contributed by atoms with Crippen LogP contribution in [0.1, 0.15) is 0 Å². The maximum Gasteiger partial charge on any atom is 0.111 e. The first-order chi connectivity index (χ1) is 11.2. The van der Waals surface area contributed by atoms with E-state index in [2.05, 4.69) is 5.32 Å². The minimum absolute atomic E-state index is 0.0457. The number of rotatable bonds is 4. The van der Waals surface area contributed by atoms with Crippen molar-refractivity contribution in [1.29, 1.82) is 0 Å². The summed E-state index contributed by atoms with van der Waals surface area (Å²) in [4.78, 5) is 0. The lowest BCUT2D eigenvalue weighted by molar-refractivity contribution is -0.176. The van der Waals surface area contributed by atoms with Crippen molar-refractivity contribution >= 4 is 0 Å². The van der Waals surface area contributed by atoms with Crippen molar-refractivity contribution < 1.29 is 46.0 Å². The van der Waals surface area contributed by atoms with Gasteiger partial charge < -0.3 is 51.3 Å². The van der Waals surface area contributed by atoms with E-state index in [1.165, 1.54) is 6.08 Å². The molecule has 2 aliphatic carbocycles. The van der Waals surface area contributed by atoms with E-state index in [1.54, 1.807) is 0 Å². The molecule has 0 spiro atoms. The van der Waals surface area contributed by atoms with Gasteiger partial charge in [-0.1, -0.05) is 6.08 Å². The highest BCUT2D eigenvalue weighted by atomic mass is 16.4. The summed E-state index contributed by atoms with van der Waals surface area (Å²) < 4.78 is 0. The van der Waals surface area contributed by atoms with Gasteiger partial charge >= 0.3 is 0 Å². The second-order valence-electron chi connectivity index (χ2n) is 6.35. The Morgan fingerprint density at radius 2 is 1.38 bits per heavy atom. The van der Waals surface area contributed by atoms with Gasteiger partial charge in [-0.3, -0.25) is 0 Å². The molecular weight excluding hydrogens is 326 g/mol. The maximum atomic E-state index is 10.2. The summed E-state index contributed by atoms with van der Waals surface area (Å²) in [6.07, 6.45) is -9.55. The third-order valence-electron chi connectivity index (χ3n) is 4.91. The Bertz CT molecular complexity index is 462. The van der Waals surface area contributed by atoms with Crippen molar-refractivity contribution in [3.8, 4) is 0 Å². The van der Waals surface area contributed by atoms with Gasteiger partial charge in [0.1, 0.15) is 30.5 Å². The van der Waals surface area contributed by atoms with E-state index in [4.69, 9.17) is 0 Å². The molecule has 140 valence electrons. The van der Waals surface area contributed by atoms with Gasteiger partial charge in [-0.05, 0) is 5.57 Å². The minimum Gasteiger partial charge on any atom is -0.396 e. The Hall–Kier alpha value is -0.660. The standard InChI is InChI=1S/C14H25NO9/c16-2-4-1-6(11(21)13(23)8(4)18)15-7-9(19)5(3-17)10(20)14(24)12(7)22/h1,5-24H,2-3H2/t5-,6-,7+,8-,9+,10-,11-,12-,13+,14-/m1/s1. The fraction of sp³-hybridized carbons (Fsp3) is 0.857. The number of hydrogen-bond donors (Lipinski definition) is 10. The van der Waals surface area contributed by atoms with E-state index in [-0.39, 0.29) is 5.57 Å². The van der Waals surface area contributed by atoms with Crippen LogP contribution < -0.4 is 5.32 Å². The zero-order valence-electron chi connectivity index (χ0n) is 12.8. The van der Waals surface area contributed by atoms with Gasteiger partial charge in [0.05, 0.1) is 37.5 Å². The quantitative estimate of drug-likeness (QED) is 0.218. The van der Waals surface area contributed by atoms with Crippen LogP contribution in [0.2, 0.25) is 0 Å². The van der Waals surface area contributed by atoms with Gasteiger partial charge in [0.25, 0.3) is 0 Å². The average molecular weight is 351 g/mol. The van der Waals surface area contributed by atoms with Crippen LogP contribution in [-0.4, -0.2) is 114 Å². The number of hydrogen-bond acceptors (Lipinski definition) is 10. The molecule has 0 amide bonds. The summed E-state index contributed by atoms with van der Waals surface area (Å²) in [6, 6.07) is -2.29. The summed E-state index contributed by atoms with van der Waals surface area (Å²) in [7, 11) is 0. The Balaban J connectivity index is 2.23. The third-order valence-corrected chi connectivity index (χ3v) is 4.91. The molecule has 24 heavy (non-hydrogen) atoms. The lowest BCUT2D eigenvalue weighted by atomic mass is 9.76. The van der Waals surface area contributed by atoms with Crippen molar-refractivity contribution in [3.05, 3.63) is 11.6 Å². The van der Waals surface area contributed by atoms with Gasteiger partial charge in [-0.25, -0.2) is 0 Å². The van der Waals surface area contributed by atoms with Crippen LogP contribution in [0.4, 0.5) is 0 Å². The Kier molecular flexibility index (Phi) is 6.31. The fourth-order valence-electron chi connectivity index (χ4n) is 3.31. The van der Waals surface area contributed by atoms with E-state index in [9.17, 15) is 46.0 Å². The number of aliphatic hydroxyl groups excluding tert-OH is 9. The van der Waals surface area contributed by atoms with Gasteiger partial charge in [0, 0.05) is 5.92 Å². The van der Waals surface area contributed by atoms with Crippen molar-refractivity contribution in [3.63, 3.8) is 0 Å². The second kappa shape index (κ2) is 7.70. The summed E-state index contributed by atoms with van der Waals surface area (Å²) in [6.45, 7) is -1.21. The van der Waals surface area contributed by atoms with Gasteiger partial charge in [0.2, 0.25) is 0 Å². The molecule has 1 saturated carbocycles. The molecule has 0 aromatic heterocycles. The molecule has 1 fully saturated rings. The largest absolute Gasteiger partial charge is 0.396 e. The van der Waals surface area contributed by atoms with Crippen LogP contribution in [0.5, 0.6) is 0 Å². The molecule has 0 radical (unpaired) electrons. The van der Waals surface area contributed by atoms with Crippen LogP contribution in [0.15, 0.2) is 11.6 Å². The summed E-state index contributed by atoms with van der Waals surface area (Å²) in [5, 5.41) is 90.6. The van der Waals surface area contributed by atoms with E-state index < -0.39 is 73.9 Å². The zero-order valence-corrected chi connectivity index (χ0v) is 12.8. The average Bonchev–Trinajstić information content (AvgIpc) is 2.57. The van der Waals surface area contributed by atoms with Crippen molar-refractivity contribution in [2.75, 3.05) is 13.2 Å².